The second kappa shape index (κ2) is 6.43. The number of H-pyrrole nitrogens is 1. The summed E-state index contributed by atoms with van der Waals surface area (Å²) in [5.74, 6) is 1.11. The SMILES string of the molecule is O=C(Nc1ccc2nc(-c3ccncc3)[nH]c2c1)C1CCCCC1. The van der Waals surface area contributed by atoms with Crippen molar-refractivity contribution in [2.45, 2.75) is 32.1 Å². The largest absolute Gasteiger partial charge is 0.338 e. The van der Waals surface area contributed by atoms with E-state index in [-0.39, 0.29) is 11.8 Å². The molecule has 2 heterocycles. The van der Waals surface area contributed by atoms with Gasteiger partial charge in [-0.1, -0.05) is 19.3 Å². The van der Waals surface area contributed by atoms with Crippen molar-refractivity contribution in [3.8, 4) is 11.4 Å². The number of imidazole rings is 1. The minimum Gasteiger partial charge on any atom is -0.338 e. The zero-order chi connectivity index (χ0) is 16.4. The number of pyridine rings is 1. The quantitative estimate of drug-likeness (QED) is 0.762. The van der Waals surface area contributed by atoms with Gasteiger partial charge in [0.2, 0.25) is 5.91 Å². The van der Waals surface area contributed by atoms with Gasteiger partial charge in [0.05, 0.1) is 11.0 Å². The van der Waals surface area contributed by atoms with Crippen molar-refractivity contribution in [3.63, 3.8) is 0 Å². The van der Waals surface area contributed by atoms with Crippen LogP contribution in [0.5, 0.6) is 0 Å². The summed E-state index contributed by atoms with van der Waals surface area (Å²) in [5, 5.41) is 3.06. The van der Waals surface area contributed by atoms with Crippen LogP contribution in [0.2, 0.25) is 0 Å². The van der Waals surface area contributed by atoms with E-state index in [4.69, 9.17) is 0 Å². The Labute approximate surface area is 140 Å². The molecule has 1 aliphatic carbocycles. The standard InChI is InChI=1S/C19H20N4O/c24-19(14-4-2-1-3-5-14)21-15-6-7-16-17(12-15)23-18(22-16)13-8-10-20-11-9-13/h6-12,14H,1-5H2,(H,21,24)(H,22,23). The third kappa shape index (κ3) is 3.02. The average molecular weight is 320 g/mol. The molecule has 2 N–H and O–H groups in total. The molecule has 0 atom stereocenters. The zero-order valence-corrected chi connectivity index (χ0v) is 13.5. The first-order valence-corrected chi connectivity index (χ1v) is 8.50. The molecule has 1 aromatic carbocycles. The average Bonchev–Trinajstić information content (AvgIpc) is 3.06. The van der Waals surface area contributed by atoms with Gasteiger partial charge in [-0.2, -0.15) is 0 Å². The van der Waals surface area contributed by atoms with Crippen LogP contribution in [0.3, 0.4) is 0 Å². The molecule has 4 rings (SSSR count). The summed E-state index contributed by atoms with van der Waals surface area (Å²) in [6.07, 6.45) is 9.08. The molecule has 1 amide bonds. The van der Waals surface area contributed by atoms with Gasteiger partial charge in [0.25, 0.3) is 0 Å². The molecule has 24 heavy (non-hydrogen) atoms. The van der Waals surface area contributed by atoms with Gasteiger partial charge in [-0.3, -0.25) is 9.78 Å². The second-order valence-corrected chi connectivity index (χ2v) is 6.38. The van der Waals surface area contributed by atoms with Crippen molar-refractivity contribution in [2.24, 2.45) is 5.92 Å². The van der Waals surface area contributed by atoms with Gasteiger partial charge in [-0.25, -0.2) is 4.98 Å². The van der Waals surface area contributed by atoms with Crippen LogP contribution in [0.15, 0.2) is 42.7 Å². The van der Waals surface area contributed by atoms with E-state index in [1.54, 1.807) is 12.4 Å². The molecule has 122 valence electrons. The first-order valence-electron chi connectivity index (χ1n) is 8.50. The lowest BCUT2D eigenvalue weighted by molar-refractivity contribution is -0.120. The number of amides is 1. The van der Waals surface area contributed by atoms with E-state index >= 15 is 0 Å². The number of nitrogens with zero attached hydrogens (tertiary/aromatic N) is 2. The number of anilines is 1. The highest BCUT2D eigenvalue weighted by Gasteiger charge is 2.21. The Morgan fingerprint density at radius 2 is 1.88 bits per heavy atom. The third-order valence-corrected chi connectivity index (χ3v) is 4.68. The first kappa shape index (κ1) is 14.9. The Hall–Kier alpha value is -2.69. The summed E-state index contributed by atoms with van der Waals surface area (Å²) in [5.41, 5.74) is 3.62. The van der Waals surface area contributed by atoms with Gasteiger partial charge in [-0.05, 0) is 43.2 Å². The molecule has 1 saturated carbocycles. The van der Waals surface area contributed by atoms with E-state index in [0.717, 1.165) is 53.8 Å². The lowest BCUT2D eigenvalue weighted by atomic mass is 9.88. The number of rotatable bonds is 3. The van der Waals surface area contributed by atoms with Crippen molar-refractivity contribution in [1.29, 1.82) is 0 Å². The molecule has 1 fully saturated rings. The van der Waals surface area contributed by atoms with Crippen molar-refractivity contribution >= 4 is 22.6 Å². The topological polar surface area (TPSA) is 70.7 Å². The summed E-state index contributed by atoms with van der Waals surface area (Å²) >= 11 is 0. The van der Waals surface area contributed by atoms with Gasteiger partial charge in [0.1, 0.15) is 5.82 Å². The molecule has 3 aromatic rings. The van der Waals surface area contributed by atoms with Crippen LogP contribution in [0.4, 0.5) is 5.69 Å². The van der Waals surface area contributed by atoms with Gasteiger partial charge in [-0.15, -0.1) is 0 Å². The summed E-state index contributed by atoms with van der Waals surface area (Å²) in [4.78, 5) is 24.3. The van der Waals surface area contributed by atoms with Crippen LogP contribution >= 0.6 is 0 Å². The molecule has 2 aromatic heterocycles. The maximum Gasteiger partial charge on any atom is 0.227 e. The Morgan fingerprint density at radius 1 is 1.08 bits per heavy atom. The number of fused-ring (bicyclic) bond motifs is 1. The number of carbonyl (C=O) groups is 1. The van der Waals surface area contributed by atoms with Crippen LogP contribution in [0.25, 0.3) is 22.4 Å². The highest BCUT2D eigenvalue weighted by Crippen LogP contribution is 2.26. The minimum absolute atomic E-state index is 0.142. The fourth-order valence-corrected chi connectivity index (χ4v) is 3.34. The zero-order valence-electron chi connectivity index (χ0n) is 13.5. The molecular weight excluding hydrogens is 300 g/mol. The summed E-state index contributed by atoms with van der Waals surface area (Å²) in [6, 6.07) is 9.65. The minimum atomic E-state index is 0.142. The molecular formula is C19H20N4O. The monoisotopic (exact) mass is 320 g/mol. The highest BCUT2D eigenvalue weighted by atomic mass is 16.1. The number of aromatic amines is 1. The number of hydrogen-bond donors (Lipinski definition) is 2. The maximum atomic E-state index is 12.4. The fourth-order valence-electron chi connectivity index (χ4n) is 3.34. The van der Waals surface area contributed by atoms with Crippen molar-refractivity contribution < 1.29 is 4.79 Å². The predicted octanol–water partition coefficient (Wildman–Crippen LogP) is 4.14. The van der Waals surface area contributed by atoms with Gasteiger partial charge < -0.3 is 10.3 Å². The summed E-state index contributed by atoms with van der Waals surface area (Å²) in [7, 11) is 0. The lowest BCUT2D eigenvalue weighted by Crippen LogP contribution is -2.24. The number of hydrogen-bond acceptors (Lipinski definition) is 3. The Morgan fingerprint density at radius 3 is 2.67 bits per heavy atom. The van der Waals surface area contributed by atoms with Crippen LogP contribution in [-0.2, 0) is 4.79 Å². The van der Waals surface area contributed by atoms with Crippen LogP contribution in [0.1, 0.15) is 32.1 Å². The Bertz CT molecular complexity index is 850. The lowest BCUT2D eigenvalue weighted by Gasteiger charge is -2.20. The summed E-state index contributed by atoms with van der Waals surface area (Å²) in [6.45, 7) is 0. The molecule has 5 nitrogen and oxygen atoms in total. The molecule has 1 aliphatic rings. The normalized spacial score (nSPS) is 15.5. The van der Waals surface area contributed by atoms with E-state index in [1.165, 1.54) is 6.42 Å². The van der Waals surface area contributed by atoms with Gasteiger partial charge in [0, 0.05) is 29.6 Å². The van der Waals surface area contributed by atoms with E-state index < -0.39 is 0 Å². The molecule has 0 aliphatic heterocycles. The summed E-state index contributed by atoms with van der Waals surface area (Å²) < 4.78 is 0. The van der Waals surface area contributed by atoms with E-state index in [2.05, 4.69) is 20.3 Å². The molecule has 0 spiro atoms. The van der Waals surface area contributed by atoms with E-state index in [9.17, 15) is 4.79 Å². The number of carbonyl (C=O) groups excluding carboxylic acids is 1. The second-order valence-electron chi connectivity index (χ2n) is 6.38. The first-order chi connectivity index (χ1) is 11.8. The van der Waals surface area contributed by atoms with Crippen LogP contribution < -0.4 is 5.32 Å². The van der Waals surface area contributed by atoms with Crippen LogP contribution in [-0.4, -0.2) is 20.9 Å². The number of nitrogens with one attached hydrogen (secondary N) is 2. The maximum absolute atomic E-state index is 12.4. The molecule has 0 unspecified atom stereocenters. The predicted molar refractivity (Wildman–Crippen MR) is 94.5 cm³/mol. The number of benzene rings is 1. The van der Waals surface area contributed by atoms with E-state index in [0.29, 0.717) is 0 Å². The molecule has 0 radical (unpaired) electrons. The molecule has 0 bridgehead atoms. The third-order valence-electron chi connectivity index (χ3n) is 4.68. The molecule has 0 saturated heterocycles. The highest BCUT2D eigenvalue weighted by molar-refractivity contribution is 5.94. The van der Waals surface area contributed by atoms with E-state index in [1.807, 2.05) is 30.3 Å². The smallest absolute Gasteiger partial charge is 0.227 e. The van der Waals surface area contributed by atoms with Crippen molar-refractivity contribution in [3.05, 3.63) is 42.7 Å². The Kier molecular flexibility index (Phi) is 3.99. The van der Waals surface area contributed by atoms with Crippen LogP contribution in [0, 0.1) is 5.92 Å². The van der Waals surface area contributed by atoms with Gasteiger partial charge >= 0.3 is 0 Å². The number of aromatic nitrogens is 3. The van der Waals surface area contributed by atoms with Crippen molar-refractivity contribution in [1.82, 2.24) is 15.0 Å². The van der Waals surface area contributed by atoms with Gasteiger partial charge in [0.15, 0.2) is 0 Å². The molecule has 5 heteroatoms. The fraction of sp³-hybridized carbons (Fsp3) is 0.316. The Balaban J connectivity index is 1.56. The van der Waals surface area contributed by atoms with Crippen molar-refractivity contribution in [2.75, 3.05) is 5.32 Å².